The Labute approximate surface area is 123 Å². The highest BCUT2D eigenvalue weighted by molar-refractivity contribution is 5.12. The second-order valence-corrected chi connectivity index (χ2v) is 6.92. The molecular formula is C17H30N2O. The van der Waals surface area contributed by atoms with Gasteiger partial charge in [0.1, 0.15) is 5.76 Å². The van der Waals surface area contributed by atoms with Gasteiger partial charge in [0.25, 0.3) is 0 Å². The van der Waals surface area contributed by atoms with E-state index in [1.165, 1.54) is 25.1 Å². The lowest BCUT2D eigenvalue weighted by atomic mass is 9.89. The van der Waals surface area contributed by atoms with Crippen molar-refractivity contribution in [2.75, 3.05) is 19.6 Å². The Morgan fingerprint density at radius 1 is 1.35 bits per heavy atom. The lowest BCUT2D eigenvalue weighted by molar-refractivity contribution is 0.124. The van der Waals surface area contributed by atoms with Crippen LogP contribution in [0.25, 0.3) is 0 Å². The number of furan rings is 1. The van der Waals surface area contributed by atoms with E-state index in [0.29, 0.717) is 5.92 Å². The third-order valence-electron chi connectivity index (χ3n) is 4.39. The van der Waals surface area contributed by atoms with Crippen LogP contribution in [-0.4, -0.2) is 24.5 Å². The van der Waals surface area contributed by atoms with Crippen molar-refractivity contribution < 1.29 is 4.42 Å². The number of likely N-dealkylation sites (tertiary alicyclic amines) is 1. The molecule has 20 heavy (non-hydrogen) atoms. The molecule has 114 valence electrons. The summed E-state index contributed by atoms with van der Waals surface area (Å²) in [5.74, 6) is 3.45. The van der Waals surface area contributed by atoms with Crippen molar-refractivity contribution in [1.29, 1.82) is 0 Å². The van der Waals surface area contributed by atoms with E-state index in [9.17, 15) is 0 Å². The molecule has 1 N–H and O–H groups in total. The maximum absolute atomic E-state index is 5.71. The molecule has 1 aromatic heterocycles. The number of piperidine rings is 1. The zero-order chi connectivity index (χ0) is 14.5. The fourth-order valence-corrected chi connectivity index (χ4v) is 2.82. The van der Waals surface area contributed by atoms with Gasteiger partial charge in [-0.3, -0.25) is 4.90 Å². The normalized spacial score (nSPS) is 24.4. The van der Waals surface area contributed by atoms with E-state index >= 15 is 0 Å². The van der Waals surface area contributed by atoms with E-state index in [1.807, 2.05) is 6.26 Å². The highest BCUT2D eigenvalue weighted by Crippen LogP contribution is 2.24. The van der Waals surface area contributed by atoms with Crippen molar-refractivity contribution >= 4 is 0 Å². The van der Waals surface area contributed by atoms with Crippen LogP contribution in [-0.2, 0) is 13.1 Å². The summed E-state index contributed by atoms with van der Waals surface area (Å²) in [7, 11) is 0. The van der Waals surface area contributed by atoms with Gasteiger partial charge < -0.3 is 9.73 Å². The summed E-state index contributed by atoms with van der Waals surface area (Å²) < 4.78 is 5.71. The molecule has 2 rings (SSSR count). The van der Waals surface area contributed by atoms with Crippen LogP contribution in [0, 0.1) is 17.8 Å². The summed E-state index contributed by atoms with van der Waals surface area (Å²) in [4.78, 5) is 2.52. The van der Waals surface area contributed by atoms with Gasteiger partial charge in [0.05, 0.1) is 12.8 Å². The first-order chi connectivity index (χ1) is 9.54. The van der Waals surface area contributed by atoms with Crippen LogP contribution in [0.1, 0.15) is 45.4 Å². The average Bonchev–Trinajstić information content (AvgIpc) is 2.81. The van der Waals surface area contributed by atoms with E-state index in [-0.39, 0.29) is 0 Å². The van der Waals surface area contributed by atoms with E-state index in [4.69, 9.17) is 4.42 Å². The first kappa shape index (κ1) is 15.6. The molecule has 1 aliphatic rings. The van der Waals surface area contributed by atoms with Gasteiger partial charge in [-0.2, -0.15) is 0 Å². The number of rotatable bonds is 6. The van der Waals surface area contributed by atoms with Crippen LogP contribution in [0.15, 0.2) is 16.7 Å². The van der Waals surface area contributed by atoms with Crippen molar-refractivity contribution in [3.8, 4) is 0 Å². The van der Waals surface area contributed by atoms with E-state index < -0.39 is 0 Å². The standard InChI is InChI=1S/C17H30N2O/c1-13(2)8-18-9-16-7-17(20-12-16)11-19-6-5-14(3)15(4)10-19/h7,12-15,18H,5-6,8-11H2,1-4H3. The van der Waals surface area contributed by atoms with Crippen molar-refractivity contribution in [3.63, 3.8) is 0 Å². The molecule has 0 aliphatic carbocycles. The third-order valence-corrected chi connectivity index (χ3v) is 4.39. The summed E-state index contributed by atoms with van der Waals surface area (Å²) in [6.45, 7) is 14.5. The molecule has 1 fully saturated rings. The molecule has 0 spiro atoms. The van der Waals surface area contributed by atoms with Crippen molar-refractivity contribution in [1.82, 2.24) is 10.2 Å². The first-order valence-corrected chi connectivity index (χ1v) is 8.04. The van der Waals surface area contributed by atoms with Gasteiger partial charge >= 0.3 is 0 Å². The zero-order valence-electron chi connectivity index (χ0n) is 13.5. The molecule has 1 saturated heterocycles. The maximum atomic E-state index is 5.71. The second-order valence-electron chi connectivity index (χ2n) is 6.92. The Balaban J connectivity index is 1.78. The van der Waals surface area contributed by atoms with Gasteiger partial charge in [0.15, 0.2) is 0 Å². The number of hydrogen-bond acceptors (Lipinski definition) is 3. The molecule has 1 aromatic rings. The molecule has 2 heterocycles. The molecule has 0 aromatic carbocycles. The van der Waals surface area contributed by atoms with Crippen molar-refractivity contribution in [2.45, 2.75) is 47.2 Å². The summed E-state index contributed by atoms with van der Waals surface area (Å²) in [5.41, 5.74) is 1.26. The molecular weight excluding hydrogens is 248 g/mol. The third kappa shape index (κ3) is 4.64. The maximum Gasteiger partial charge on any atom is 0.118 e. The molecule has 1 aliphatic heterocycles. The highest BCUT2D eigenvalue weighted by Gasteiger charge is 2.23. The van der Waals surface area contributed by atoms with Gasteiger partial charge in [-0.1, -0.05) is 27.7 Å². The van der Waals surface area contributed by atoms with Gasteiger partial charge in [0.2, 0.25) is 0 Å². The Hall–Kier alpha value is -0.800. The van der Waals surface area contributed by atoms with Crippen molar-refractivity contribution in [2.24, 2.45) is 17.8 Å². The lowest BCUT2D eigenvalue weighted by Crippen LogP contribution is -2.37. The van der Waals surface area contributed by atoms with Crippen molar-refractivity contribution in [3.05, 3.63) is 23.7 Å². The second kappa shape index (κ2) is 7.28. The molecule has 0 radical (unpaired) electrons. The summed E-state index contributed by atoms with van der Waals surface area (Å²) in [5, 5.41) is 3.46. The lowest BCUT2D eigenvalue weighted by Gasteiger charge is -2.34. The summed E-state index contributed by atoms with van der Waals surface area (Å²) >= 11 is 0. The van der Waals surface area contributed by atoms with E-state index in [2.05, 4.69) is 44.0 Å². The fraction of sp³-hybridized carbons (Fsp3) is 0.765. The van der Waals surface area contributed by atoms with Gasteiger partial charge in [-0.15, -0.1) is 0 Å². The number of hydrogen-bond donors (Lipinski definition) is 1. The molecule has 3 nitrogen and oxygen atoms in total. The predicted octanol–water partition coefficient (Wildman–Crippen LogP) is 3.50. The van der Waals surface area contributed by atoms with Crippen LogP contribution < -0.4 is 5.32 Å². The van der Waals surface area contributed by atoms with Gasteiger partial charge in [-0.05, 0) is 43.3 Å². The quantitative estimate of drug-likeness (QED) is 0.863. The number of nitrogens with zero attached hydrogens (tertiary/aromatic N) is 1. The molecule has 0 amide bonds. The fourth-order valence-electron chi connectivity index (χ4n) is 2.82. The van der Waals surface area contributed by atoms with Gasteiger partial charge in [-0.25, -0.2) is 0 Å². The average molecular weight is 278 g/mol. The molecule has 2 unspecified atom stereocenters. The minimum absolute atomic E-state index is 0.693. The monoisotopic (exact) mass is 278 g/mol. The highest BCUT2D eigenvalue weighted by atomic mass is 16.3. The minimum Gasteiger partial charge on any atom is -0.468 e. The first-order valence-electron chi connectivity index (χ1n) is 8.04. The minimum atomic E-state index is 0.693. The van der Waals surface area contributed by atoms with Crippen LogP contribution in [0.5, 0.6) is 0 Å². The Kier molecular flexibility index (Phi) is 5.67. The number of nitrogens with one attached hydrogen (secondary N) is 1. The van der Waals surface area contributed by atoms with Crippen LogP contribution >= 0.6 is 0 Å². The Bertz CT molecular complexity index is 399. The zero-order valence-corrected chi connectivity index (χ0v) is 13.5. The Morgan fingerprint density at radius 2 is 2.15 bits per heavy atom. The van der Waals surface area contributed by atoms with Gasteiger partial charge in [0, 0.05) is 18.7 Å². The molecule has 0 bridgehead atoms. The van der Waals surface area contributed by atoms with Crippen LogP contribution in [0.2, 0.25) is 0 Å². The topological polar surface area (TPSA) is 28.4 Å². The largest absolute Gasteiger partial charge is 0.468 e. The summed E-state index contributed by atoms with van der Waals surface area (Å²) in [6, 6.07) is 2.20. The Morgan fingerprint density at radius 3 is 2.85 bits per heavy atom. The smallest absolute Gasteiger partial charge is 0.118 e. The molecule has 2 atom stereocenters. The SMILES string of the molecule is CC(C)CNCc1coc(CN2CCC(C)C(C)C2)c1. The predicted molar refractivity (Wildman–Crippen MR) is 83.5 cm³/mol. The van der Waals surface area contributed by atoms with E-state index in [0.717, 1.165) is 37.2 Å². The molecule has 0 saturated carbocycles. The van der Waals surface area contributed by atoms with Crippen LogP contribution in [0.4, 0.5) is 0 Å². The van der Waals surface area contributed by atoms with Crippen LogP contribution in [0.3, 0.4) is 0 Å². The molecule has 3 heteroatoms. The van der Waals surface area contributed by atoms with E-state index in [1.54, 1.807) is 0 Å². The summed E-state index contributed by atoms with van der Waals surface area (Å²) in [6.07, 6.45) is 3.21.